The molecule has 2 aromatic rings. The molecule has 0 unspecified atom stereocenters. The Morgan fingerprint density at radius 2 is 1.70 bits per heavy atom. The zero-order valence-corrected chi connectivity index (χ0v) is 13.0. The molecule has 0 saturated heterocycles. The van der Waals surface area contributed by atoms with Crippen molar-refractivity contribution in [2.45, 2.75) is 17.6 Å². The highest BCUT2D eigenvalue weighted by molar-refractivity contribution is 7.90. The van der Waals surface area contributed by atoms with Crippen LogP contribution in [0.3, 0.4) is 0 Å². The molecule has 2 aromatic carbocycles. The van der Waals surface area contributed by atoms with E-state index in [2.05, 4.69) is 10.9 Å². The van der Waals surface area contributed by atoms with Crippen molar-refractivity contribution in [2.75, 3.05) is 11.7 Å². The first-order chi connectivity index (χ1) is 10.7. The molecule has 23 heavy (non-hydrogen) atoms. The lowest BCUT2D eigenvalue weighted by atomic mass is 10.1. The molecule has 0 bridgehead atoms. The van der Waals surface area contributed by atoms with Crippen molar-refractivity contribution >= 4 is 15.5 Å². The second kappa shape index (κ2) is 6.59. The van der Waals surface area contributed by atoms with Gasteiger partial charge in [0.2, 0.25) is 0 Å². The van der Waals surface area contributed by atoms with Gasteiger partial charge in [-0.05, 0) is 35.9 Å². The SMILES string of the molecule is CS(=O)(=O)c1ccc(C(F)(F)F)cc1CNNc1ccccc1. The minimum Gasteiger partial charge on any atom is -0.321 e. The van der Waals surface area contributed by atoms with E-state index >= 15 is 0 Å². The van der Waals surface area contributed by atoms with Gasteiger partial charge in [0.1, 0.15) is 0 Å². The molecule has 0 aliphatic heterocycles. The van der Waals surface area contributed by atoms with Crippen molar-refractivity contribution in [3.8, 4) is 0 Å². The normalized spacial score (nSPS) is 12.2. The molecule has 0 aromatic heterocycles. The monoisotopic (exact) mass is 344 g/mol. The Kier molecular flexibility index (Phi) is 4.96. The van der Waals surface area contributed by atoms with Crippen LogP contribution in [0, 0.1) is 0 Å². The smallest absolute Gasteiger partial charge is 0.321 e. The highest BCUT2D eigenvalue weighted by Crippen LogP contribution is 2.31. The average Bonchev–Trinajstić information content (AvgIpc) is 2.46. The zero-order valence-electron chi connectivity index (χ0n) is 12.2. The molecular weight excluding hydrogens is 329 g/mol. The molecule has 0 heterocycles. The molecule has 124 valence electrons. The number of halogens is 3. The molecule has 2 N–H and O–H groups in total. The van der Waals surface area contributed by atoms with Crippen LogP contribution in [-0.2, 0) is 22.6 Å². The van der Waals surface area contributed by atoms with E-state index in [9.17, 15) is 21.6 Å². The second-order valence-corrected chi connectivity index (χ2v) is 6.92. The minimum absolute atomic E-state index is 0.0470. The van der Waals surface area contributed by atoms with Gasteiger partial charge >= 0.3 is 6.18 Å². The van der Waals surface area contributed by atoms with Crippen LogP contribution in [0.2, 0.25) is 0 Å². The summed E-state index contributed by atoms with van der Waals surface area (Å²) < 4.78 is 61.8. The molecule has 0 spiro atoms. The maximum atomic E-state index is 12.8. The van der Waals surface area contributed by atoms with Gasteiger partial charge in [0.05, 0.1) is 10.5 Å². The van der Waals surface area contributed by atoms with Crippen LogP contribution in [0.15, 0.2) is 53.4 Å². The van der Waals surface area contributed by atoms with Gasteiger partial charge in [0.15, 0.2) is 9.84 Å². The van der Waals surface area contributed by atoms with Crippen molar-refractivity contribution in [3.05, 3.63) is 59.7 Å². The predicted octanol–water partition coefficient (Wildman–Crippen LogP) is 3.23. The maximum Gasteiger partial charge on any atom is 0.416 e. The van der Waals surface area contributed by atoms with Crippen LogP contribution >= 0.6 is 0 Å². The quantitative estimate of drug-likeness (QED) is 0.818. The third kappa shape index (κ3) is 4.70. The summed E-state index contributed by atoms with van der Waals surface area (Å²) in [6.07, 6.45) is -3.57. The summed E-state index contributed by atoms with van der Waals surface area (Å²) in [6.45, 7) is -0.0821. The zero-order chi connectivity index (χ0) is 17.1. The van der Waals surface area contributed by atoms with Crippen molar-refractivity contribution in [1.29, 1.82) is 0 Å². The molecule has 0 radical (unpaired) electrons. The number of hydrogen-bond acceptors (Lipinski definition) is 4. The summed E-state index contributed by atoms with van der Waals surface area (Å²) in [7, 11) is -3.63. The number of hydrogen-bond donors (Lipinski definition) is 2. The van der Waals surface area contributed by atoms with E-state index < -0.39 is 21.6 Å². The van der Waals surface area contributed by atoms with Crippen molar-refractivity contribution < 1.29 is 21.6 Å². The number of hydrazine groups is 1. The maximum absolute atomic E-state index is 12.8. The number of sulfone groups is 1. The lowest BCUT2D eigenvalue weighted by Crippen LogP contribution is -2.22. The molecule has 0 amide bonds. The summed E-state index contributed by atoms with van der Waals surface area (Å²) in [4.78, 5) is -0.132. The van der Waals surface area contributed by atoms with Gasteiger partial charge in [0, 0.05) is 18.5 Å². The molecule has 0 saturated carbocycles. The number of rotatable bonds is 5. The molecule has 0 fully saturated rings. The van der Waals surface area contributed by atoms with Crippen LogP contribution in [0.1, 0.15) is 11.1 Å². The van der Waals surface area contributed by atoms with Crippen LogP contribution in [-0.4, -0.2) is 14.7 Å². The van der Waals surface area contributed by atoms with Gasteiger partial charge < -0.3 is 5.43 Å². The summed E-state index contributed by atoms with van der Waals surface area (Å²) in [5, 5.41) is 0. The van der Waals surface area contributed by atoms with E-state index in [1.807, 2.05) is 6.07 Å². The number of nitrogens with one attached hydrogen (secondary N) is 2. The fourth-order valence-corrected chi connectivity index (χ4v) is 2.94. The fraction of sp³-hybridized carbons (Fsp3) is 0.200. The molecular formula is C15H15F3N2O2S. The van der Waals surface area contributed by atoms with Gasteiger partial charge in [-0.2, -0.15) is 13.2 Å². The lowest BCUT2D eigenvalue weighted by Gasteiger charge is -2.14. The fourth-order valence-electron chi connectivity index (χ4n) is 2.02. The standard InChI is InChI=1S/C15H15F3N2O2S/c1-23(21,22)14-8-7-12(15(16,17)18)9-11(14)10-19-20-13-5-3-2-4-6-13/h2-9,19-20H,10H2,1H3. The van der Waals surface area contributed by atoms with E-state index in [4.69, 9.17) is 0 Å². The van der Waals surface area contributed by atoms with Gasteiger partial charge in [-0.25, -0.2) is 13.8 Å². The Morgan fingerprint density at radius 3 is 2.26 bits per heavy atom. The summed E-state index contributed by atoms with van der Waals surface area (Å²) in [5.41, 5.74) is 5.40. The van der Waals surface area contributed by atoms with E-state index in [-0.39, 0.29) is 17.0 Å². The van der Waals surface area contributed by atoms with Crippen LogP contribution in [0.4, 0.5) is 18.9 Å². The highest BCUT2D eigenvalue weighted by atomic mass is 32.2. The first-order valence-corrected chi connectivity index (χ1v) is 8.51. The molecule has 4 nitrogen and oxygen atoms in total. The topological polar surface area (TPSA) is 58.2 Å². The van der Waals surface area contributed by atoms with Crippen molar-refractivity contribution in [3.63, 3.8) is 0 Å². The van der Waals surface area contributed by atoms with Crippen molar-refractivity contribution in [1.82, 2.24) is 5.43 Å². The highest BCUT2D eigenvalue weighted by Gasteiger charge is 2.31. The van der Waals surface area contributed by atoms with E-state index in [1.165, 1.54) is 0 Å². The number of benzene rings is 2. The molecule has 8 heteroatoms. The molecule has 0 aliphatic carbocycles. The first kappa shape index (κ1) is 17.3. The summed E-state index contributed by atoms with van der Waals surface area (Å²) in [6, 6.07) is 11.5. The average molecular weight is 344 g/mol. The summed E-state index contributed by atoms with van der Waals surface area (Å²) in [5.74, 6) is 0. The lowest BCUT2D eigenvalue weighted by molar-refractivity contribution is -0.137. The van der Waals surface area contributed by atoms with Crippen LogP contribution in [0.5, 0.6) is 0 Å². The Morgan fingerprint density at radius 1 is 1.04 bits per heavy atom. The van der Waals surface area contributed by atoms with E-state index in [0.29, 0.717) is 5.69 Å². The number of alkyl halides is 3. The number of anilines is 1. The largest absolute Gasteiger partial charge is 0.416 e. The molecule has 0 aliphatic rings. The van der Waals surface area contributed by atoms with Gasteiger partial charge in [-0.3, -0.25) is 0 Å². The van der Waals surface area contributed by atoms with Crippen LogP contribution < -0.4 is 10.9 Å². The van der Waals surface area contributed by atoms with Crippen molar-refractivity contribution in [2.24, 2.45) is 0 Å². The Labute approximate surface area is 132 Å². The molecule has 2 rings (SSSR count). The van der Waals surface area contributed by atoms with Gasteiger partial charge in [-0.15, -0.1) is 0 Å². The minimum atomic E-state index is -4.53. The van der Waals surface area contributed by atoms with E-state index in [0.717, 1.165) is 24.5 Å². The van der Waals surface area contributed by atoms with Gasteiger partial charge in [-0.1, -0.05) is 18.2 Å². The number of para-hydroxylation sites is 1. The Bertz CT molecular complexity index is 775. The van der Waals surface area contributed by atoms with Crippen LogP contribution in [0.25, 0.3) is 0 Å². The predicted molar refractivity (Wildman–Crippen MR) is 81.5 cm³/mol. The first-order valence-electron chi connectivity index (χ1n) is 6.62. The van der Waals surface area contributed by atoms with E-state index in [1.54, 1.807) is 24.3 Å². The Hall–Kier alpha value is -2.06. The third-order valence-electron chi connectivity index (χ3n) is 3.07. The molecule has 0 atom stereocenters. The Balaban J connectivity index is 2.23. The van der Waals surface area contributed by atoms with Gasteiger partial charge in [0.25, 0.3) is 0 Å². The summed E-state index contributed by atoms with van der Waals surface area (Å²) >= 11 is 0. The second-order valence-electron chi connectivity index (χ2n) is 4.94. The third-order valence-corrected chi connectivity index (χ3v) is 4.27.